The number of ether oxygens (including phenoxy) is 1. The van der Waals surface area contributed by atoms with Crippen molar-refractivity contribution in [2.24, 2.45) is 0 Å². The number of hydrogen-bond donors (Lipinski definition) is 1. The summed E-state index contributed by atoms with van der Waals surface area (Å²) >= 11 is 0. The average Bonchev–Trinajstić information content (AvgIpc) is 2.47. The molecule has 0 fully saturated rings. The number of fused-ring (bicyclic) bond motifs is 1. The van der Waals surface area contributed by atoms with Crippen LogP contribution in [0.5, 0.6) is 5.75 Å². The fraction of sp³-hybridized carbons (Fsp3) is 0.125. The molecule has 0 saturated carbocycles. The number of hydrogen-bond acceptors (Lipinski definition) is 2. The molecular weight excluding hydrogens is 224 g/mol. The van der Waals surface area contributed by atoms with Gasteiger partial charge in [-0.2, -0.15) is 0 Å². The van der Waals surface area contributed by atoms with Crippen molar-refractivity contribution in [2.75, 3.05) is 6.61 Å². The van der Waals surface area contributed by atoms with Gasteiger partial charge in [-0.05, 0) is 17.7 Å². The Kier molecular flexibility index (Phi) is 2.87. The van der Waals surface area contributed by atoms with Gasteiger partial charge in [-0.1, -0.05) is 48.5 Å². The van der Waals surface area contributed by atoms with Crippen LogP contribution in [0.2, 0.25) is 0 Å². The third-order valence-electron chi connectivity index (χ3n) is 3.12. The summed E-state index contributed by atoms with van der Waals surface area (Å²) in [5.74, 6) is 0.876. The van der Waals surface area contributed by atoms with Gasteiger partial charge < -0.3 is 9.84 Å². The molecule has 1 unspecified atom stereocenters. The first-order valence-electron chi connectivity index (χ1n) is 6.00. The van der Waals surface area contributed by atoms with Crippen LogP contribution < -0.4 is 4.74 Å². The number of aliphatic hydroxyl groups excluding tert-OH is 1. The molecule has 2 aromatic carbocycles. The van der Waals surface area contributed by atoms with Crippen LogP contribution in [0, 0.1) is 0 Å². The summed E-state index contributed by atoms with van der Waals surface area (Å²) < 4.78 is 5.65. The van der Waals surface area contributed by atoms with Gasteiger partial charge in [-0.3, -0.25) is 0 Å². The Labute approximate surface area is 106 Å². The van der Waals surface area contributed by atoms with E-state index >= 15 is 0 Å². The first-order chi connectivity index (χ1) is 8.84. The Morgan fingerprint density at radius 2 is 1.67 bits per heavy atom. The summed E-state index contributed by atoms with van der Waals surface area (Å²) in [7, 11) is 0. The summed E-state index contributed by atoms with van der Waals surface area (Å²) in [5, 5.41) is 10.3. The first-order valence-corrected chi connectivity index (χ1v) is 6.00. The van der Waals surface area contributed by atoms with Crippen LogP contribution in [0.4, 0.5) is 0 Å². The zero-order valence-electron chi connectivity index (χ0n) is 9.91. The molecule has 0 aliphatic carbocycles. The second-order valence-electron chi connectivity index (χ2n) is 4.36. The van der Waals surface area contributed by atoms with Crippen LogP contribution in [0.3, 0.4) is 0 Å². The van der Waals surface area contributed by atoms with Gasteiger partial charge >= 0.3 is 0 Å². The van der Waals surface area contributed by atoms with Crippen molar-refractivity contribution in [3.63, 3.8) is 0 Å². The predicted octanol–water partition coefficient (Wildman–Crippen LogP) is 3.20. The summed E-state index contributed by atoms with van der Waals surface area (Å²) in [5.41, 5.74) is 2.81. The van der Waals surface area contributed by atoms with E-state index in [2.05, 4.69) is 0 Å². The molecule has 18 heavy (non-hydrogen) atoms. The zero-order valence-corrected chi connectivity index (χ0v) is 9.91. The Balaban J connectivity index is 1.93. The highest BCUT2D eigenvalue weighted by molar-refractivity contribution is 5.63. The smallest absolute Gasteiger partial charge is 0.127 e. The molecular formula is C16H14O2. The van der Waals surface area contributed by atoms with Crippen LogP contribution in [-0.2, 0) is 0 Å². The SMILES string of the molecule is OC(C1=Cc2ccccc2OC1)c1ccccc1. The Morgan fingerprint density at radius 3 is 2.50 bits per heavy atom. The van der Waals surface area contributed by atoms with Crippen LogP contribution in [0.1, 0.15) is 17.2 Å². The Hall–Kier alpha value is -2.06. The minimum absolute atomic E-state index is 0.438. The molecule has 0 aromatic heterocycles. The minimum Gasteiger partial charge on any atom is -0.489 e. The van der Waals surface area contributed by atoms with E-state index in [9.17, 15) is 5.11 Å². The van der Waals surface area contributed by atoms with E-state index in [1.165, 1.54) is 0 Å². The van der Waals surface area contributed by atoms with E-state index in [1.807, 2.05) is 60.7 Å². The lowest BCUT2D eigenvalue weighted by Gasteiger charge is -2.21. The van der Waals surface area contributed by atoms with Gasteiger partial charge in [0.15, 0.2) is 0 Å². The third kappa shape index (κ3) is 2.03. The molecule has 90 valence electrons. The first kappa shape index (κ1) is 11.1. The lowest BCUT2D eigenvalue weighted by Crippen LogP contribution is -2.13. The van der Waals surface area contributed by atoms with Crippen LogP contribution in [-0.4, -0.2) is 11.7 Å². The van der Waals surface area contributed by atoms with Crippen molar-refractivity contribution in [2.45, 2.75) is 6.10 Å². The average molecular weight is 238 g/mol. The highest BCUT2D eigenvalue weighted by atomic mass is 16.5. The maximum atomic E-state index is 10.3. The number of aliphatic hydroxyl groups is 1. The molecule has 0 spiro atoms. The monoisotopic (exact) mass is 238 g/mol. The van der Waals surface area contributed by atoms with Crippen molar-refractivity contribution in [1.82, 2.24) is 0 Å². The molecule has 0 radical (unpaired) electrons. The molecule has 1 aliphatic heterocycles. The molecule has 2 aromatic rings. The van der Waals surface area contributed by atoms with Gasteiger partial charge in [0.25, 0.3) is 0 Å². The zero-order chi connectivity index (χ0) is 12.4. The summed E-state index contributed by atoms with van der Waals surface area (Å²) in [6.45, 7) is 0.438. The number of para-hydroxylation sites is 1. The third-order valence-corrected chi connectivity index (χ3v) is 3.12. The lowest BCUT2D eigenvalue weighted by atomic mass is 9.98. The van der Waals surface area contributed by atoms with Gasteiger partial charge in [0, 0.05) is 11.1 Å². The summed E-state index contributed by atoms with van der Waals surface area (Å²) in [4.78, 5) is 0. The van der Waals surface area contributed by atoms with E-state index in [0.29, 0.717) is 6.61 Å². The van der Waals surface area contributed by atoms with Crippen molar-refractivity contribution >= 4 is 6.08 Å². The van der Waals surface area contributed by atoms with Crippen molar-refractivity contribution < 1.29 is 9.84 Å². The summed E-state index contributed by atoms with van der Waals surface area (Å²) in [6.07, 6.45) is 1.41. The molecule has 1 atom stereocenters. The van der Waals surface area contributed by atoms with Crippen LogP contribution >= 0.6 is 0 Å². The Bertz CT molecular complexity index is 573. The topological polar surface area (TPSA) is 29.5 Å². The molecule has 2 nitrogen and oxygen atoms in total. The highest BCUT2D eigenvalue weighted by Gasteiger charge is 2.18. The molecule has 2 heteroatoms. The Morgan fingerprint density at radius 1 is 0.944 bits per heavy atom. The normalized spacial score (nSPS) is 15.3. The van der Waals surface area contributed by atoms with Crippen molar-refractivity contribution in [1.29, 1.82) is 0 Å². The predicted molar refractivity (Wildman–Crippen MR) is 71.3 cm³/mol. The second-order valence-corrected chi connectivity index (χ2v) is 4.36. The fourth-order valence-corrected chi connectivity index (χ4v) is 2.14. The van der Waals surface area contributed by atoms with E-state index in [4.69, 9.17) is 4.74 Å². The van der Waals surface area contributed by atoms with Gasteiger partial charge in [0.1, 0.15) is 18.5 Å². The van der Waals surface area contributed by atoms with Gasteiger partial charge in [0.2, 0.25) is 0 Å². The van der Waals surface area contributed by atoms with Gasteiger partial charge in [0.05, 0.1) is 0 Å². The minimum atomic E-state index is -0.598. The lowest BCUT2D eigenvalue weighted by molar-refractivity contribution is 0.194. The van der Waals surface area contributed by atoms with E-state index in [-0.39, 0.29) is 0 Å². The fourth-order valence-electron chi connectivity index (χ4n) is 2.14. The number of benzene rings is 2. The maximum absolute atomic E-state index is 10.3. The van der Waals surface area contributed by atoms with Crippen LogP contribution in [0.25, 0.3) is 6.08 Å². The quantitative estimate of drug-likeness (QED) is 0.870. The summed E-state index contributed by atoms with van der Waals surface area (Å²) in [6, 6.07) is 17.5. The van der Waals surface area contributed by atoms with Crippen molar-refractivity contribution in [3.05, 3.63) is 71.3 Å². The standard InChI is InChI=1S/C16H14O2/c17-16(12-6-2-1-3-7-12)14-10-13-8-4-5-9-15(13)18-11-14/h1-10,16-17H,11H2. The largest absolute Gasteiger partial charge is 0.489 e. The van der Waals surface area contributed by atoms with Gasteiger partial charge in [-0.25, -0.2) is 0 Å². The molecule has 3 rings (SSSR count). The van der Waals surface area contributed by atoms with Crippen molar-refractivity contribution in [3.8, 4) is 5.75 Å². The van der Waals surface area contributed by atoms with Gasteiger partial charge in [-0.15, -0.1) is 0 Å². The molecule has 0 amide bonds. The second kappa shape index (κ2) is 4.67. The molecule has 0 saturated heterocycles. The van der Waals surface area contributed by atoms with E-state index in [1.54, 1.807) is 0 Å². The molecule has 1 N–H and O–H groups in total. The maximum Gasteiger partial charge on any atom is 0.127 e. The molecule has 0 bridgehead atoms. The highest BCUT2D eigenvalue weighted by Crippen LogP contribution is 2.31. The molecule has 1 heterocycles. The number of rotatable bonds is 2. The molecule has 1 aliphatic rings. The van der Waals surface area contributed by atoms with E-state index < -0.39 is 6.10 Å². The van der Waals surface area contributed by atoms with E-state index in [0.717, 1.165) is 22.4 Å². The van der Waals surface area contributed by atoms with Crippen LogP contribution in [0.15, 0.2) is 60.2 Å².